The maximum absolute atomic E-state index is 5.04. The normalized spacial score (nSPS) is 11.1. The summed E-state index contributed by atoms with van der Waals surface area (Å²) in [4.78, 5) is 0. The molecule has 0 atom stereocenters. The zero-order chi connectivity index (χ0) is 9.68. The Balaban J connectivity index is 2.38. The van der Waals surface area contributed by atoms with Crippen LogP contribution in [0.1, 0.15) is 0 Å². The Morgan fingerprint density at radius 3 is 2.69 bits per heavy atom. The van der Waals surface area contributed by atoms with Gasteiger partial charge in [-0.2, -0.15) is 0 Å². The van der Waals surface area contributed by atoms with E-state index in [1.807, 2.05) is 11.6 Å². The van der Waals surface area contributed by atoms with E-state index in [0.717, 1.165) is 5.16 Å². The zero-order valence-corrected chi connectivity index (χ0v) is 8.74. The molecule has 0 bridgehead atoms. The molecule has 0 aliphatic carbocycles. The fraction of sp³-hybridized carbons (Fsp3) is 0.714. The third-order valence-corrected chi connectivity index (χ3v) is 2.61. The van der Waals surface area contributed by atoms with Gasteiger partial charge in [0.2, 0.25) is 0 Å². The molecule has 0 radical (unpaired) electrons. The lowest BCUT2D eigenvalue weighted by Gasteiger charge is -2.11. The molecule has 0 aliphatic heterocycles. The number of aromatic nitrogens is 3. The van der Waals surface area contributed by atoms with Gasteiger partial charge in [-0.15, -0.1) is 10.2 Å². The van der Waals surface area contributed by atoms with Gasteiger partial charge >= 0.3 is 0 Å². The van der Waals surface area contributed by atoms with Gasteiger partial charge in [-0.25, -0.2) is 0 Å². The lowest BCUT2D eigenvalue weighted by molar-refractivity contribution is -0.0842. The van der Waals surface area contributed by atoms with Gasteiger partial charge in [-0.05, 0) is 0 Å². The number of ether oxygens (including phenoxy) is 2. The Labute approximate surface area is 81.4 Å². The maximum atomic E-state index is 5.04. The van der Waals surface area contributed by atoms with Crippen LogP contribution in [-0.2, 0) is 16.5 Å². The van der Waals surface area contributed by atoms with Crippen molar-refractivity contribution in [3.05, 3.63) is 6.33 Å². The number of aryl methyl sites for hydroxylation is 1. The van der Waals surface area contributed by atoms with Crippen LogP contribution in [-0.4, -0.2) is 41.0 Å². The van der Waals surface area contributed by atoms with E-state index in [4.69, 9.17) is 9.47 Å². The Bertz CT molecular complexity index is 250. The quantitative estimate of drug-likeness (QED) is 0.516. The largest absolute Gasteiger partial charge is 0.355 e. The standard InChI is InChI=1S/C7H13N3O2S/c1-10-5-8-9-7(10)13-4-6(11-2)12-3/h5-6H,4H2,1-3H3. The summed E-state index contributed by atoms with van der Waals surface area (Å²) in [6.45, 7) is 0. The molecule has 0 spiro atoms. The van der Waals surface area contributed by atoms with Crippen molar-refractivity contribution in [2.75, 3.05) is 20.0 Å². The first-order valence-electron chi connectivity index (χ1n) is 3.80. The average molecular weight is 203 g/mol. The predicted octanol–water partition coefficient (Wildman–Crippen LogP) is 0.526. The molecule has 0 saturated carbocycles. The molecule has 0 aromatic carbocycles. The average Bonchev–Trinajstić information content (AvgIpc) is 2.54. The van der Waals surface area contributed by atoms with Gasteiger partial charge in [0.25, 0.3) is 0 Å². The van der Waals surface area contributed by atoms with Crippen LogP contribution in [0.4, 0.5) is 0 Å². The molecule has 1 aromatic rings. The molecular formula is C7H13N3O2S. The summed E-state index contributed by atoms with van der Waals surface area (Å²) in [5.41, 5.74) is 0. The van der Waals surface area contributed by atoms with Crippen LogP contribution in [0.5, 0.6) is 0 Å². The number of rotatable bonds is 5. The summed E-state index contributed by atoms with van der Waals surface area (Å²) in [6, 6.07) is 0. The predicted molar refractivity (Wildman–Crippen MR) is 49.5 cm³/mol. The van der Waals surface area contributed by atoms with Gasteiger partial charge in [0.15, 0.2) is 11.4 Å². The van der Waals surface area contributed by atoms with Crippen LogP contribution in [0, 0.1) is 0 Å². The van der Waals surface area contributed by atoms with Crippen LogP contribution in [0.15, 0.2) is 11.5 Å². The highest BCUT2D eigenvalue weighted by Gasteiger charge is 2.08. The fourth-order valence-corrected chi connectivity index (χ4v) is 1.69. The summed E-state index contributed by atoms with van der Waals surface area (Å²) < 4.78 is 11.9. The van der Waals surface area contributed by atoms with E-state index in [1.165, 1.54) is 0 Å². The van der Waals surface area contributed by atoms with Crippen LogP contribution in [0.25, 0.3) is 0 Å². The molecule has 1 rings (SSSR count). The van der Waals surface area contributed by atoms with E-state index in [1.54, 1.807) is 32.3 Å². The van der Waals surface area contributed by atoms with Crippen LogP contribution in [0.3, 0.4) is 0 Å². The highest BCUT2D eigenvalue weighted by molar-refractivity contribution is 7.99. The molecule has 1 heterocycles. The molecule has 0 aliphatic rings. The monoisotopic (exact) mass is 203 g/mol. The van der Waals surface area contributed by atoms with Gasteiger partial charge in [0.1, 0.15) is 6.33 Å². The van der Waals surface area contributed by atoms with Crippen LogP contribution >= 0.6 is 11.8 Å². The van der Waals surface area contributed by atoms with Crippen LogP contribution < -0.4 is 0 Å². The van der Waals surface area contributed by atoms with Crippen molar-refractivity contribution in [2.45, 2.75) is 11.4 Å². The first-order chi connectivity index (χ1) is 6.27. The number of hydrogen-bond acceptors (Lipinski definition) is 5. The number of hydrogen-bond donors (Lipinski definition) is 0. The van der Waals surface area contributed by atoms with Crippen molar-refractivity contribution >= 4 is 11.8 Å². The molecule has 0 saturated heterocycles. The molecule has 0 unspecified atom stereocenters. The summed E-state index contributed by atoms with van der Waals surface area (Å²) in [7, 11) is 5.13. The van der Waals surface area contributed by atoms with Gasteiger partial charge in [0, 0.05) is 21.3 Å². The van der Waals surface area contributed by atoms with Crippen molar-refractivity contribution in [1.82, 2.24) is 14.8 Å². The zero-order valence-electron chi connectivity index (χ0n) is 7.93. The lowest BCUT2D eigenvalue weighted by Crippen LogP contribution is -2.16. The Morgan fingerprint density at radius 1 is 1.54 bits per heavy atom. The second kappa shape index (κ2) is 5.21. The van der Waals surface area contributed by atoms with Crippen molar-refractivity contribution in [1.29, 1.82) is 0 Å². The number of nitrogens with zero attached hydrogens (tertiary/aromatic N) is 3. The summed E-state index contributed by atoms with van der Waals surface area (Å²) in [5.74, 6) is 0.708. The molecular weight excluding hydrogens is 190 g/mol. The minimum absolute atomic E-state index is 0.193. The van der Waals surface area contributed by atoms with E-state index in [2.05, 4.69) is 10.2 Å². The van der Waals surface area contributed by atoms with Crippen molar-refractivity contribution in [3.8, 4) is 0 Å². The molecule has 5 nitrogen and oxygen atoms in total. The van der Waals surface area contributed by atoms with Gasteiger partial charge in [0.05, 0.1) is 5.75 Å². The Hall–Kier alpha value is -0.590. The molecule has 0 N–H and O–H groups in total. The minimum Gasteiger partial charge on any atom is -0.355 e. The lowest BCUT2D eigenvalue weighted by atomic mass is 10.7. The molecule has 74 valence electrons. The van der Waals surface area contributed by atoms with Crippen molar-refractivity contribution < 1.29 is 9.47 Å². The Kier molecular flexibility index (Phi) is 4.20. The first-order valence-corrected chi connectivity index (χ1v) is 4.79. The fourth-order valence-electron chi connectivity index (χ4n) is 0.778. The second-order valence-corrected chi connectivity index (χ2v) is 3.42. The molecule has 1 aromatic heterocycles. The third kappa shape index (κ3) is 2.98. The van der Waals surface area contributed by atoms with Gasteiger partial charge < -0.3 is 14.0 Å². The molecule has 0 amide bonds. The number of thioether (sulfide) groups is 1. The van der Waals surface area contributed by atoms with Gasteiger partial charge in [-0.3, -0.25) is 0 Å². The van der Waals surface area contributed by atoms with E-state index >= 15 is 0 Å². The molecule has 13 heavy (non-hydrogen) atoms. The maximum Gasteiger partial charge on any atom is 0.190 e. The van der Waals surface area contributed by atoms with Crippen LogP contribution in [0.2, 0.25) is 0 Å². The topological polar surface area (TPSA) is 49.2 Å². The number of methoxy groups -OCH3 is 2. The SMILES string of the molecule is COC(CSc1nncn1C)OC. The summed E-state index contributed by atoms with van der Waals surface area (Å²) in [5, 5.41) is 8.54. The van der Waals surface area contributed by atoms with E-state index in [9.17, 15) is 0 Å². The minimum atomic E-state index is -0.193. The van der Waals surface area contributed by atoms with Crippen molar-refractivity contribution in [3.63, 3.8) is 0 Å². The van der Waals surface area contributed by atoms with E-state index in [0.29, 0.717) is 5.75 Å². The second-order valence-electron chi connectivity index (χ2n) is 2.44. The molecule has 0 fully saturated rings. The third-order valence-electron chi connectivity index (χ3n) is 1.54. The van der Waals surface area contributed by atoms with E-state index < -0.39 is 0 Å². The molecule has 6 heteroatoms. The first kappa shape index (κ1) is 10.5. The summed E-state index contributed by atoms with van der Waals surface area (Å²) in [6.07, 6.45) is 1.47. The van der Waals surface area contributed by atoms with E-state index in [-0.39, 0.29) is 6.29 Å². The summed E-state index contributed by atoms with van der Waals surface area (Å²) >= 11 is 1.55. The highest BCUT2D eigenvalue weighted by atomic mass is 32.2. The van der Waals surface area contributed by atoms with Crippen molar-refractivity contribution in [2.24, 2.45) is 7.05 Å². The Morgan fingerprint density at radius 2 is 2.23 bits per heavy atom. The highest BCUT2D eigenvalue weighted by Crippen LogP contribution is 2.15. The van der Waals surface area contributed by atoms with Gasteiger partial charge in [-0.1, -0.05) is 11.8 Å². The smallest absolute Gasteiger partial charge is 0.190 e.